The van der Waals surface area contributed by atoms with E-state index in [-0.39, 0.29) is 0 Å². The molecule has 5 heteroatoms. The van der Waals surface area contributed by atoms with Gasteiger partial charge >= 0.3 is 0 Å². The maximum Gasteiger partial charge on any atom is 0.240 e. The fourth-order valence-corrected chi connectivity index (χ4v) is 2.90. The van der Waals surface area contributed by atoms with Crippen LogP contribution < -0.4 is 4.74 Å². The van der Waals surface area contributed by atoms with E-state index >= 15 is 0 Å². The van der Waals surface area contributed by atoms with Crippen molar-refractivity contribution in [2.75, 3.05) is 7.05 Å². The van der Waals surface area contributed by atoms with Gasteiger partial charge in [0.15, 0.2) is 5.82 Å². The monoisotopic (exact) mass is 349 g/mol. The number of benzene rings is 2. The predicted octanol–water partition coefficient (Wildman–Crippen LogP) is 4.45. The van der Waals surface area contributed by atoms with Crippen molar-refractivity contribution in [3.8, 4) is 11.5 Å². The molecule has 2 aromatic carbocycles. The molecule has 0 bridgehead atoms. The summed E-state index contributed by atoms with van der Waals surface area (Å²) in [6, 6.07) is 18.0. The number of ether oxygens (including phenoxy) is 1. The van der Waals surface area contributed by atoms with Crippen molar-refractivity contribution in [1.82, 2.24) is 15.0 Å². The third kappa shape index (κ3) is 4.70. The van der Waals surface area contributed by atoms with Crippen LogP contribution in [-0.4, -0.2) is 22.1 Å². The van der Waals surface area contributed by atoms with E-state index in [1.54, 1.807) is 0 Å². The lowest BCUT2D eigenvalue weighted by Gasteiger charge is -2.14. The summed E-state index contributed by atoms with van der Waals surface area (Å²) >= 11 is 0. The first kappa shape index (κ1) is 16.8. The average Bonchev–Trinajstić information content (AvgIpc) is 3.35. The van der Waals surface area contributed by atoms with E-state index in [1.165, 1.54) is 18.4 Å². The molecular weight excluding hydrogens is 326 g/mol. The van der Waals surface area contributed by atoms with Gasteiger partial charge in [-0.05, 0) is 55.6 Å². The number of rotatable bonds is 8. The number of para-hydroxylation sites is 1. The first-order valence-corrected chi connectivity index (χ1v) is 9.06. The third-order valence-corrected chi connectivity index (χ3v) is 4.44. The van der Waals surface area contributed by atoms with E-state index in [2.05, 4.69) is 34.2 Å². The molecule has 1 fully saturated rings. The van der Waals surface area contributed by atoms with Crippen molar-refractivity contribution in [1.29, 1.82) is 0 Å². The number of hydrogen-bond acceptors (Lipinski definition) is 5. The second-order valence-corrected chi connectivity index (χ2v) is 6.98. The van der Waals surface area contributed by atoms with Gasteiger partial charge in [-0.1, -0.05) is 35.5 Å². The van der Waals surface area contributed by atoms with Gasteiger partial charge in [-0.25, -0.2) is 0 Å². The molecular formula is C21H23N3O2. The predicted molar refractivity (Wildman–Crippen MR) is 98.9 cm³/mol. The SMILES string of the molecule is CN(Cc1ccc(Oc2ccccc2)cc1)Cc1nc(CC2CC2)no1. The summed E-state index contributed by atoms with van der Waals surface area (Å²) in [5, 5.41) is 4.08. The Bertz CT molecular complexity index is 826. The van der Waals surface area contributed by atoms with Crippen molar-refractivity contribution < 1.29 is 9.26 Å². The first-order valence-electron chi connectivity index (χ1n) is 9.06. The van der Waals surface area contributed by atoms with Gasteiger partial charge < -0.3 is 9.26 Å². The Morgan fingerprint density at radius 2 is 1.73 bits per heavy atom. The van der Waals surface area contributed by atoms with Crippen molar-refractivity contribution in [3.05, 3.63) is 71.9 Å². The minimum absolute atomic E-state index is 0.653. The lowest BCUT2D eigenvalue weighted by molar-refractivity contribution is 0.260. The summed E-state index contributed by atoms with van der Waals surface area (Å²) in [6.07, 6.45) is 3.55. The molecule has 3 aromatic rings. The molecule has 0 saturated heterocycles. The fraction of sp³-hybridized carbons (Fsp3) is 0.333. The zero-order valence-electron chi connectivity index (χ0n) is 15.0. The largest absolute Gasteiger partial charge is 0.457 e. The van der Waals surface area contributed by atoms with E-state index in [4.69, 9.17) is 9.26 Å². The fourth-order valence-electron chi connectivity index (χ4n) is 2.90. The van der Waals surface area contributed by atoms with Crippen LogP contribution in [0, 0.1) is 5.92 Å². The van der Waals surface area contributed by atoms with E-state index in [1.807, 2.05) is 42.5 Å². The Labute approximate surface area is 153 Å². The van der Waals surface area contributed by atoms with Crippen LogP contribution in [0.15, 0.2) is 59.1 Å². The van der Waals surface area contributed by atoms with Crippen LogP contribution >= 0.6 is 0 Å². The summed E-state index contributed by atoms with van der Waals surface area (Å²) in [6.45, 7) is 1.46. The quantitative estimate of drug-likeness (QED) is 0.601. The molecule has 0 amide bonds. The minimum Gasteiger partial charge on any atom is -0.457 e. The van der Waals surface area contributed by atoms with E-state index in [0.717, 1.165) is 36.2 Å². The Morgan fingerprint density at radius 3 is 2.46 bits per heavy atom. The highest BCUT2D eigenvalue weighted by Crippen LogP contribution is 2.31. The van der Waals surface area contributed by atoms with Crippen LogP contribution in [-0.2, 0) is 19.5 Å². The highest BCUT2D eigenvalue weighted by atomic mass is 16.5. The lowest BCUT2D eigenvalue weighted by Crippen LogP contribution is -2.17. The van der Waals surface area contributed by atoms with E-state index < -0.39 is 0 Å². The van der Waals surface area contributed by atoms with Crippen LogP contribution in [0.1, 0.15) is 30.1 Å². The molecule has 0 aliphatic heterocycles. The van der Waals surface area contributed by atoms with Crippen LogP contribution in [0.4, 0.5) is 0 Å². The molecule has 134 valence electrons. The molecule has 0 radical (unpaired) electrons. The molecule has 4 rings (SSSR count). The number of hydrogen-bond donors (Lipinski definition) is 0. The molecule has 1 heterocycles. The molecule has 0 N–H and O–H groups in total. The van der Waals surface area contributed by atoms with Crippen molar-refractivity contribution in [2.45, 2.75) is 32.4 Å². The third-order valence-electron chi connectivity index (χ3n) is 4.44. The van der Waals surface area contributed by atoms with Crippen LogP contribution in [0.2, 0.25) is 0 Å². The van der Waals surface area contributed by atoms with Gasteiger partial charge in [0.1, 0.15) is 11.5 Å². The topological polar surface area (TPSA) is 51.4 Å². The second kappa shape index (κ2) is 7.70. The van der Waals surface area contributed by atoms with Gasteiger partial charge in [0.05, 0.1) is 6.54 Å². The van der Waals surface area contributed by atoms with E-state index in [0.29, 0.717) is 12.4 Å². The molecule has 5 nitrogen and oxygen atoms in total. The summed E-state index contributed by atoms with van der Waals surface area (Å²) in [7, 11) is 2.05. The van der Waals surface area contributed by atoms with Gasteiger partial charge in [-0.3, -0.25) is 4.90 Å². The highest BCUT2D eigenvalue weighted by Gasteiger charge is 2.24. The molecule has 1 aliphatic rings. The normalized spacial score (nSPS) is 13.9. The molecule has 1 aliphatic carbocycles. The summed E-state index contributed by atoms with van der Waals surface area (Å²) in [5.41, 5.74) is 1.21. The number of nitrogens with zero attached hydrogens (tertiary/aromatic N) is 3. The lowest BCUT2D eigenvalue weighted by atomic mass is 10.2. The molecule has 26 heavy (non-hydrogen) atoms. The van der Waals surface area contributed by atoms with Gasteiger partial charge in [0.2, 0.25) is 5.89 Å². The molecule has 0 unspecified atom stereocenters. The maximum absolute atomic E-state index is 5.83. The smallest absolute Gasteiger partial charge is 0.240 e. The van der Waals surface area contributed by atoms with Crippen LogP contribution in [0.5, 0.6) is 11.5 Å². The Hall–Kier alpha value is -2.66. The Morgan fingerprint density at radius 1 is 1.00 bits per heavy atom. The zero-order chi connectivity index (χ0) is 17.8. The van der Waals surface area contributed by atoms with Crippen molar-refractivity contribution in [2.24, 2.45) is 5.92 Å². The summed E-state index contributed by atoms with van der Waals surface area (Å²) < 4.78 is 11.2. The first-order chi connectivity index (χ1) is 12.7. The molecule has 0 spiro atoms. The van der Waals surface area contributed by atoms with Crippen LogP contribution in [0.25, 0.3) is 0 Å². The summed E-state index contributed by atoms with van der Waals surface area (Å²) in [4.78, 5) is 6.66. The molecule has 1 aromatic heterocycles. The molecule has 0 atom stereocenters. The van der Waals surface area contributed by atoms with Crippen LogP contribution in [0.3, 0.4) is 0 Å². The van der Waals surface area contributed by atoms with E-state index in [9.17, 15) is 0 Å². The second-order valence-electron chi connectivity index (χ2n) is 6.98. The zero-order valence-corrected chi connectivity index (χ0v) is 15.0. The molecule has 1 saturated carbocycles. The van der Waals surface area contributed by atoms with Crippen molar-refractivity contribution in [3.63, 3.8) is 0 Å². The average molecular weight is 349 g/mol. The maximum atomic E-state index is 5.83. The standard InChI is InChI=1S/C21H23N3O2/c1-24(15-21-22-20(23-26-21)13-16-7-8-16)14-17-9-11-19(12-10-17)25-18-5-3-2-4-6-18/h2-6,9-12,16H,7-8,13-15H2,1H3. The van der Waals surface area contributed by atoms with Gasteiger partial charge in [-0.15, -0.1) is 0 Å². The number of aromatic nitrogens is 2. The minimum atomic E-state index is 0.653. The Balaban J connectivity index is 1.29. The highest BCUT2D eigenvalue weighted by molar-refractivity contribution is 5.32. The van der Waals surface area contributed by atoms with Gasteiger partial charge in [0.25, 0.3) is 0 Å². The Kier molecular flexibility index (Phi) is 4.97. The van der Waals surface area contributed by atoms with Gasteiger partial charge in [-0.2, -0.15) is 4.98 Å². The van der Waals surface area contributed by atoms with Gasteiger partial charge in [0, 0.05) is 13.0 Å². The van der Waals surface area contributed by atoms with Crippen molar-refractivity contribution >= 4 is 0 Å². The summed E-state index contributed by atoms with van der Waals surface area (Å²) in [5.74, 6) is 3.99.